The van der Waals surface area contributed by atoms with Crippen LogP contribution in [0.2, 0.25) is 0 Å². The second kappa shape index (κ2) is 13.1. The highest BCUT2D eigenvalue weighted by molar-refractivity contribution is 5.94. The fraction of sp³-hybridized carbons (Fsp3) is 0.714. The number of carbonyl (C=O) groups is 1. The molecule has 1 heterocycles. The van der Waals surface area contributed by atoms with Gasteiger partial charge in [0, 0.05) is 6.54 Å². The van der Waals surface area contributed by atoms with Gasteiger partial charge in [0.25, 0.3) is 5.91 Å². The molecule has 0 radical (unpaired) electrons. The van der Waals surface area contributed by atoms with Crippen molar-refractivity contribution < 1.29 is 28.7 Å². The van der Waals surface area contributed by atoms with Crippen molar-refractivity contribution in [3.8, 4) is 0 Å². The number of rotatable bonds is 16. The van der Waals surface area contributed by atoms with Crippen LogP contribution in [0.5, 0.6) is 0 Å². The largest absolute Gasteiger partial charge is 0.378 e. The molecule has 0 fully saturated rings. The summed E-state index contributed by atoms with van der Waals surface area (Å²) >= 11 is 0. The molecule has 0 bridgehead atoms. The minimum atomic E-state index is -0.946. The molecule has 1 aromatic rings. The normalized spacial score (nSPS) is 11.0. The number of nitro groups is 1. The Labute approximate surface area is 150 Å². The van der Waals surface area contributed by atoms with E-state index >= 15 is 0 Å². The SMILES string of the molecule is NCCOCCOCCOCCOCCn1cc([N+](=O)[O-])c(C(N)=O)n1. The molecule has 0 saturated carbocycles. The summed E-state index contributed by atoms with van der Waals surface area (Å²) in [6.07, 6.45) is 1.15. The van der Waals surface area contributed by atoms with E-state index in [1.807, 2.05) is 0 Å². The number of primary amides is 1. The summed E-state index contributed by atoms with van der Waals surface area (Å²) < 4.78 is 22.3. The first-order valence-corrected chi connectivity index (χ1v) is 8.09. The lowest BCUT2D eigenvalue weighted by Crippen LogP contribution is -2.15. The van der Waals surface area contributed by atoms with E-state index in [1.165, 1.54) is 4.68 Å². The van der Waals surface area contributed by atoms with Gasteiger partial charge in [-0.1, -0.05) is 0 Å². The number of hydrogen-bond donors (Lipinski definition) is 2. The van der Waals surface area contributed by atoms with Crippen molar-refractivity contribution in [3.63, 3.8) is 0 Å². The second-order valence-electron chi connectivity index (χ2n) is 4.99. The molecule has 0 atom stereocenters. The number of carbonyl (C=O) groups excluding carboxylic acids is 1. The molecule has 12 heteroatoms. The monoisotopic (exact) mass is 375 g/mol. The van der Waals surface area contributed by atoms with Crippen LogP contribution in [0.25, 0.3) is 0 Å². The molecule has 0 unspecified atom stereocenters. The van der Waals surface area contributed by atoms with Crippen LogP contribution in [0.3, 0.4) is 0 Å². The zero-order chi connectivity index (χ0) is 19.2. The first-order chi connectivity index (χ1) is 12.6. The Kier molecular flexibility index (Phi) is 11.1. The van der Waals surface area contributed by atoms with E-state index in [0.717, 1.165) is 6.20 Å². The van der Waals surface area contributed by atoms with Crippen LogP contribution < -0.4 is 11.5 Å². The maximum absolute atomic E-state index is 11.1. The third kappa shape index (κ3) is 8.82. The Bertz CT molecular complexity index is 520. The summed E-state index contributed by atoms with van der Waals surface area (Å²) in [6.45, 7) is 4.15. The lowest BCUT2D eigenvalue weighted by Gasteiger charge is -2.07. The van der Waals surface area contributed by atoms with Gasteiger partial charge >= 0.3 is 5.69 Å². The van der Waals surface area contributed by atoms with Crippen LogP contribution in [-0.4, -0.2) is 80.0 Å². The number of nitrogens with zero attached hydrogens (tertiary/aromatic N) is 3. The van der Waals surface area contributed by atoms with E-state index in [9.17, 15) is 14.9 Å². The Hall–Kier alpha value is -2.12. The topological polar surface area (TPSA) is 167 Å². The molecule has 1 rings (SSSR count). The predicted octanol–water partition coefficient (Wildman–Crippen LogP) is -1.08. The molecule has 0 aliphatic rings. The van der Waals surface area contributed by atoms with Crippen LogP contribution in [0.4, 0.5) is 5.69 Å². The van der Waals surface area contributed by atoms with Crippen LogP contribution in [0, 0.1) is 10.1 Å². The van der Waals surface area contributed by atoms with Gasteiger partial charge in [0.1, 0.15) is 6.20 Å². The summed E-state index contributed by atoms with van der Waals surface area (Å²) in [5, 5.41) is 14.6. The van der Waals surface area contributed by atoms with Crippen LogP contribution in [0.1, 0.15) is 10.5 Å². The smallest absolute Gasteiger partial charge is 0.320 e. The van der Waals surface area contributed by atoms with Crippen LogP contribution >= 0.6 is 0 Å². The van der Waals surface area contributed by atoms with E-state index < -0.39 is 16.5 Å². The first kappa shape index (κ1) is 21.9. The summed E-state index contributed by atoms with van der Waals surface area (Å²) in [5.74, 6) is -0.946. The van der Waals surface area contributed by atoms with Crippen molar-refractivity contribution in [3.05, 3.63) is 22.0 Å². The van der Waals surface area contributed by atoms with Crippen molar-refractivity contribution in [2.75, 3.05) is 59.4 Å². The molecule has 0 aliphatic carbocycles. The minimum Gasteiger partial charge on any atom is -0.378 e. The van der Waals surface area contributed by atoms with Gasteiger partial charge < -0.3 is 30.4 Å². The molecule has 0 spiro atoms. The molecule has 0 aliphatic heterocycles. The number of nitrogens with two attached hydrogens (primary N) is 2. The molecule has 1 aromatic heterocycles. The van der Waals surface area contributed by atoms with Crippen molar-refractivity contribution in [2.24, 2.45) is 11.5 Å². The van der Waals surface area contributed by atoms with Gasteiger partial charge in [-0.3, -0.25) is 19.6 Å². The van der Waals surface area contributed by atoms with Crippen molar-refractivity contribution >= 4 is 11.6 Å². The van der Waals surface area contributed by atoms with E-state index in [4.69, 9.17) is 30.4 Å². The highest BCUT2D eigenvalue weighted by Gasteiger charge is 2.23. The lowest BCUT2D eigenvalue weighted by atomic mass is 10.4. The van der Waals surface area contributed by atoms with Gasteiger partial charge in [-0.05, 0) is 0 Å². The zero-order valence-electron chi connectivity index (χ0n) is 14.5. The fourth-order valence-corrected chi connectivity index (χ4v) is 1.84. The third-order valence-corrected chi connectivity index (χ3v) is 3.02. The van der Waals surface area contributed by atoms with Crippen LogP contribution in [-0.2, 0) is 25.5 Å². The fourth-order valence-electron chi connectivity index (χ4n) is 1.84. The third-order valence-electron chi connectivity index (χ3n) is 3.02. The maximum atomic E-state index is 11.1. The van der Waals surface area contributed by atoms with Gasteiger partial charge in [0.2, 0.25) is 5.69 Å². The summed E-state index contributed by atoms with van der Waals surface area (Å²) in [5.41, 5.74) is 9.54. The molecule has 4 N–H and O–H groups in total. The molecule has 0 aromatic carbocycles. The molecule has 148 valence electrons. The molecule has 12 nitrogen and oxygen atoms in total. The minimum absolute atomic E-state index is 0.250. The van der Waals surface area contributed by atoms with E-state index in [0.29, 0.717) is 52.8 Å². The summed E-state index contributed by atoms with van der Waals surface area (Å²) in [4.78, 5) is 21.2. The van der Waals surface area contributed by atoms with Gasteiger partial charge in [-0.15, -0.1) is 0 Å². The highest BCUT2D eigenvalue weighted by Crippen LogP contribution is 2.15. The standard InChI is InChI=1S/C14H25N5O7/c15-1-3-23-5-7-25-9-10-26-8-6-24-4-2-18-11-12(19(21)22)13(17-18)14(16)20/h11H,1-10,15H2,(H2,16,20). The predicted molar refractivity (Wildman–Crippen MR) is 89.7 cm³/mol. The highest BCUT2D eigenvalue weighted by atomic mass is 16.6. The average Bonchev–Trinajstić information content (AvgIpc) is 3.04. The van der Waals surface area contributed by atoms with E-state index in [-0.39, 0.29) is 18.8 Å². The molecule has 26 heavy (non-hydrogen) atoms. The summed E-state index contributed by atoms with van der Waals surface area (Å²) in [7, 11) is 0. The zero-order valence-corrected chi connectivity index (χ0v) is 14.5. The van der Waals surface area contributed by atoms with E-state index in [1.54, 1.807) is 0 Å². The first-order valence-electron chi connectivity index (χ1n) is 8.09. The lowest BCUT2D eigenvalue weighted by molar-refractivity contribution is -0.385. The molecule has 1 amide bonds. The molecular formula is C14H25N5O7. The Morgan fingerprint density at radius 2 is 1.54 bits per heavy atom. The number of hydrogen-bond acceptors (Lipinski definition) is 9. The molecular weight excluding hydrogens is 350 g/mol. The van der Waals surface area contributed by atoms with Crippen LogP contribution in [0.15, 0.2) is 6.20 Å². The van der Waals surface area contributed by atoms with Gasteiger partial charge in [-0.2, -0.15) is 5.10 Å². The van der Waals surface area contributed by atoms with E-state index in [2.05, 4.69) is 5.10 Å². The van der Waals surface area contributed by atoms with Gasteiger partial charge in [0.05, 0.1) is 64.3 Å². The Morgan fingerprint density at radius 3 is 1.96 bits per heavy atom. The van der Waals surface area contributed by atoms with Crippen molar-refractivity contribution in [1.29, 1.82) is 0 Å². The van der Waals surface area contributed by atoms with Crippen molar-refractivity contribution in [1.82, 2.24) is 9.78 Å². The second-order valence-corrected chi connectivity index (χ2v) is 4.99. The van der Waals surface area contributed by atoms with Gasteiger partial charge in [0.15, 0.2) is 0 Å². The van der Waals surface area contributed by atoms with Crippen molar-refractivity contribution in [2.45, 2.75) is 6.54 Å². The molecule has 0 saturated heterocycles. The quantitative estimate of drug-likeness (QED) is 0.207. The summed E-state index contributed by atoms with van der Waals surface area (Å²) in [6, 6.07) is 0. The number of aromatic nitrogens is 2. The number of ether oxygens (including phenoxy) is 4. The Morgan fingerprint density at radius 1 is 1.04 bits per heavy atom. The number of amides is 1. The van der Waals surface area contributed by atoms with Gasteiger partial charge in [-0.25, -0.2) is 0 Å². The maximum Gasteiger partial charge on any atom is 0.320 e. The average molecular weight is 375 g/mol. The Balaban J connectivity index is 2.03.